The lowest BCUT2D eigenvalue weighted by Crippen LogP contribution is -2.56. The zero-order valence-electron chi connectivity index (χ0n) is 16.1. The molecule has 3 heterocycles. The summed E-state index contributed by atoms with van der Waals surface area (Å²) in [6.45, 7) is 12.5. The molecule has 25 heavy (non-hydrogen) atoms. The third-order valence-corrected chi connectivity index (χ3v) is 4.67. The first-order valence-electron chi connectivity index (χ1n) is 8.76. The van der Waals surface area contributed by atoms with Gasteiger partial charge in [0.2, 0.25) is 0 Å². The lowest BCUT2D eigenvalue weighted by atomic mass is 9.72. The molecule has 1 unspecified atom stereocenters. The van der Waals surface area contributed by atoms with Gasteiger partial charge in [-0.1, -0.05) is 34.6 Å². The van der Waals surface area contributed by atoms with Gasteiger partial charge in [0.25, 0.3) is 0 Å². The summed E-state index contributed by atoms with van der Waals surface area (Å²) in [4.78, 5) is 16.1. The standard InChI is InChI=1S/C20H28N4O/c1-19(2,3)18-22-15(12-25-6)11-16(23-18)24-13-20(4,5)17(24)14-7-9-21-10-8-14/h7-11,17H,12-13H2,1-6H3. The summed E-state index contributed by atoms with van der Waals surface area (Å²) in [6, 6.07) is 6.54. The third kappa shape index (κ3) is 3.52. The minimum Gasteiger partial charge on any atom is -0.378 e. The average Bonchev–Trinajstić information content (AvgIpc) is 2.53. The molecule has 2 aromatic rings. The largest absolute Gasteiger partial charge is 0.378 e. The lowest BCUT2D eigenvalue weighted by Gasteiger charge is -2.55. The Bertz CT molecular complexity index is 737. The molecular formula is C20H28N4O. The summed E-state index contributed by atoms with van der Waals surface area (Å²) < 4.78 is 5.32. The SMILES string of the molecule is COCc1cc(N2CC(C)(C)C2c2ccncc2)nc(C(C)(C)C)n1. The van der Waals surface area contributed by atoms with E-state index in [0.717, 1.165) is 23.9 Å². The van der Waals surface area contributed by atoms with Crippen molar-refractivity contribution in [3.05, 3.63) is 47.7 Å². The van der Waals surface area contributed by atoms with Crippen molar-refractivity contribution in [1.29, 1.82) is 0 Å². The topological polar surface area (TPSA) is 51.1 Å². The molecule has 1 aliphatic rings. The Kier molecular flexibility index (Phi) is 4.54. The Labute approximate surface area is 150 Å². The average molecular weight is 340 g/mol. The molecule has 2 aromatic heterocycles. The molecular weight excluding hydrogens is 312 g/mol. The molecule has 0 radical (unpaired) electrons. The fourth-order valence-corrected chi connectivity index (χ4v) is 3.50. The van der Waals surface area contributed by atoms with Crippen molar-refractivity contribution in [2.75, 3.05) is 18.6 Å². The first-order valence-corrected chi connectivity index (χ1v) is 8.76. The van der Waals surface area contributed by atoms with E-state index in [1.54, 1.807) is 7.11 Å². The summed E-state index contributed by atoms with van der Waals surface area (Å²) >= 11 is 0. The molecule has 0 bridgehead atoms. The number of nitrogens with zero attached hydrogens (tertiary/aromatic N) is 4. The Balaban J connectivity index is 2.02. The molecule has 134 valence electrons. The summed E-state index contributed by atoms with van der Waals surface area (Å²) in [6.07, 6.45) is 3.72. The van der Waals surface area contributed by atoms with E-state index in [2.05, 4.69) is 62.7 Å². The van der Waals surface area contributed by atoms with Crippen LogP contribution >= 0.6 is 0 Å². The second-order valence-electron chi connectivity index (χ2n) is 8.52. The van der Waals surface area contributed by atoms with E-state index in [1.807, 2.05) is 12.4 Å². The zero-order valence-corrected chi connectivity index (χ0v) is 16.1. The fraction of sp³-hybridized carbons (Fsp3) is 0.550. The molecule has 0 aliphatic carbocycles. The molecule has 1 fully saturated rings. The van der Waals surface area contributed by atoms with Crippen molar-refractivity contribution in [3.8, 4) is 0 Å². The van der Waals surface area contributed by atoms with Crippen LogP contribution in [0.5, 0.6) is 0 Å². The number of aromatic nitrogens is 3. The van der Waals surface area contributed by atoms with E-state index >= 15 is 0 Å². The van der Waals surface area contributed by atoms with E-state index in [1.165, 1.54) is 5.56 Å². The molecule has 1 saturated heterocycles. The Hall–Kier alpha value is -2.01. The van der Waals surface area contributed by atoms with E-state index in [4.69, 9.17) is 14.7 Å². The maximum Gasteiger partial charge on any atom is 0.136 e. The van der Waals surface area contributed by atoms with Crippen molar-refractivity contribution in [1.82, 2.24) is 15.0 Å². The number of hydrogen-bond acceptors (Lipinski definition) is 5. The lowest BCUT2D eigenvalue weighted by molar-refractivity contribution is 0.175. The third-order valence-electron chi connectivity index (χ3n) is 4.67. The van der Waals surface area contributed by atoms with Gasteiger partial charge in [0.05, 0.1) is 18.3 Å². The van der Waals surface area contributed by atoms with E-state index in [0.29, 0.717) is 6.61 Å². The number of pyridine rings is 1. The quantitative estimate of drug-likeness (QED) is 0.845. The molecule has 0 amide bonds. The fourth-order valence-electron chi connectivity index (χ4n) is 3.50. The van der Waals surface area contributed by atoms with Crippen LogP contribution < -0.4 is 4.90 Å². The molecule has 0 saturated carbocycles. The Morgan fingerprint density at radius 2 is 1.88 bits per heavy atom. The van der Waals surface area contributed by atoms with Gasteiger partial charge in [-0.3, -0.25) is 4.98 Å². The van der Waals surface area contributed by atoms with Crippen LogP contribution in [0.2, 0.25) is 0 Å². The van der Waals surface area contributed by atoms with Crippen LogP contribution in [-0.2, 0) is 16.8 Å². The second kappa shape index (κ2) is 6.37. The highest BCUT2D eigenvalue weighted by Crippen LogP contribution is 2.50. The van der Waals surface area contributed by atoms with Crippen LogP contribution in [0.4, 0.5) is 5.82 Å². The van der Waals surface area contributed by atoms with Crippen molar-refractivity contribution in [2.24, 2.45) is 5.41 Å². The Morgan fingerprint density at radius 3 is 2.44 bits per heavy atom. The molecule has 5 heteroatoms. The molecule has 3 rings (SSSR count). The summed E-state index contributed by atoms with van der Waals surface area (Å²) in [5.41, 5.74) is 2.28. The predicted molar refractivity (Wildman–Crippen MR) is 99.6 cm³/mol. The minimum absolute atomic E-state index is 0.106. The van der Waals surface area contributed by atoms with Gasteiger partial charge in [-0.25, -0.2) is 9.97 Å². The molecule has 1 atom stereocenters. The van der Waals surface area contributed by atoms with Gasteiger partial charge in [0.15, 0.2) is 0 Å². The van der Waals surface area contributed by atoms with Crippen LogP contribution in [-0.4, -0.2) is 28.6 Å². The highest BCUT2D eigenvalue weighted by molar-refractivity contribution is 5.49. The van der Waals surface area contributed by atoms with Crippen LogP contribution in [0.15, 0.2) is 30.6 Å². The van der Waals surface area contributed by atoms with Crippen LogP contribution in [0.1, 0.15) is 57.7 Å². The smallest absolute Gasteiger partial charge is 0.136 e. The van der Waals surface area contributed by atoms with Crippen LogP contribution in [0.25, 0.3) is 0 Å². The monoisotopic (exact) mass is 340 g/mol. The van der Waals surface area contributed by atoms with E-state index < -0.39 is 0 Å². The molecule has 0 aromatic carbocycles. The highest BCUT2D eigenvalue weighted by atomic mass is 16.5. The Morgan fingerprint density at radius 1 is 1.20 bits per heavy atom. The second-order valence-corrected chi connectivity index (χ2v) is 8.52. The molecule has 5 nitrogen and oxygen atoms in total. The maximum absolute atomic E-state index is 5.32. The van der Waals surface area contributed by atoms with E-state index in [9.17, 15) is 0 Å². The zero-order chi connectivity index (χ0) is 18.2. The molecule has 1 aliphatic heterocycles. The van der Waals surface area contributed by atoms with Crippen LogP contribution in [0.3, 0.4) is 0 Å². The summed E-state index contributed by atoms with van der Waals surface area (Å²) in [5.74, 6) is 1.84. The van der Waals surface area contributed by atoms with Crippen molar-refractivity contribution < 1.29 is 4.74 Å². The van der Waals surface area contributed by atoms with Crippen molar-refractivity contribution >= 4 is 5.82 Å². The normalized spacial score (nSPS) is 19.6. The number of anilines is 1. The predicted octanol–water partition coefficient (Wildman–Crippen LogP) is 3.90. The van der Waals surface area contributed by atoms with Gasteiger partial charge in [-0.2, -0.15) is 0 Å². The number of methoxy groups -OCH3 is 1. The number of ether oxygens (including phenoxy) is 1. The van der Waals surface area contributed by atoms with Gasteiger partial charge in [-0.15, -0.1) is 0 Å². The van der Waals surface area contributed by atoms with Gasteiger partial charge < -0.3 is 9.64 Å². The first kappa shape index (κ1) is 17.8. The number of hydrogen-bond donors (Lipinski definition) is 0. The van der Waals surface area contributed by atoms with Gasteiger partial charge in [0, 0.05) is 42.9 Å². The molecule has 0 spiro atoms. The van der Waals surface area contributed by atoms with Crippen molar-refractivity contribution in [2.45, 2.75) is 52.7 Å². The van der Waals surface area contributed by atoms with Gasteiger partial charge in [0.1, 0.15) is 11.6 Å². The maximum atomic E-state index is 5.32. The summed E-state index contributed by atoms with van der Waals surface area (Å²) in [5, 5.41) is 0. The minimum atomic E-state index is -0.106. The number of rotatable bonds is 4. The molecule has 0 N–H and O–H groups in total. The highest BCUT2D eigenvalue weighted by Gasteiger charge is 2.47. The van der Waals surface area contributed by atoms with Gasteiger partial charge >= 0.3 is 0 Å². The van der Waals surface area contributed by atoms with Crippen molar-refractivity contribution in [3.63, 3.8) is 0 Å². The summed E-state index contributed by atoms with van der Waals surface area (Å²) in [7, 11) is 1.70. The first-order chi connectivity index (χ1) is 11.7. The van der Waals surface area contributed by atoms with Crippen LogP contribution in [0, 0.1) is 5.41 Å². The van der Waals surface area contributed by atoms with Gasteiger partial charge in [-0.05, 0) is 17.7 Å². The van der Waals surface area contributed by atoms with E-state index in [-0.39, 0.29) is 16.9 Å².